The number of hydrogen-bond acceptors (Lipinski definition) is 4. The Balaban J connectivity index is 1.44. The summed E-state index contributed by atoms with van der Waals surface area (Å²) in [7, 11) is 0. The van der Waals surface area contributed by atoms with E-state index in [1.165, 1.54) is 0 Å². The van der Waals surface area contributed by atoms with E-state index < -0.39 is 18.1 Å². The lowest BCUT2D eigenvalue weighted by Gasteiger charge is -2.21. The molecule has 6 heteroatoms. The van der Waals surface area contributed by atoms with Crippen LogP contribution in [0.2, 0.25) is 0 Å². The number of halogens is 1. The van der Waals surface area contributed by atoms with E-state index in [1.54, 1.807) is 12.1 Å². The molecule has 5 nitrogen and oxygen atoms in total. The molecule has 30 heavy (non-hydrogen) atoms. The minimum atomic E-state index is -1.36. The highest BCUT2D eigenvalue weighted by atomic mass is 79.9. The van der Waals surface area contributed by atoms with Gasteiger partial charge >= 0.3 is 6.09 Å². The Hall–Kier alpha value is -3.12. The van der Waals surface area contributed by atoms with E-state index >= 15 is 0 Å². The van der Waals surface area contributed by atoms with Crippen molar-refractivity contribution in [2.45, 2.75) is 18.4 Å². The van der Waals surface area contributed by atoms with Gasteiger partial charge in [0.2, 0.25) is 0 Å². The van der Waals surface area contributed by atoms with Gasteiger partial charge in [-0.15, -0.1) is 0 Å². The average molecular weight is 465 g/mol. The van der Waals surface area contributed by atoms with Crippen molar-refractivity contribution in [3.8, 4) is 11.1 Å². The largest absolute Gasteiger partial charge is 0.548 e. The Morgan fingerprint density at radius 1 is 0.933 bits per heavy atom. The van der Waals surface area contributed by atoms with Gasteiger partial charge in [0.05, 0.1) is 12.0 Å². The van der Waals surface area contributed by atoms with E-state index in [4.69, 9.17) is 4.74 Å². The van der Waals surface area contributed by atoms with Gasteiger partial charge in [-0.25, -0.2) is 4.79 Å². The summed E-state index contributed by atoms with van der Waals surface area (Å²) < 4.78 is 6.20. The van der Waals surface area contributed by atoms with E-state index in [2.05, 4.69) is 33.4 Å². The summed E-state index contributed by atoms with van der Waals surface area (Å²) in [6.45, 7) is 0.120. The third-order valence-electron chi connectivity index (χ3n) is 5.30. The molecule has 3 aromatic carbocycles. The molecule has 0 spiro atoms. The third kappa shape index (κ3) is 4.09. The first-order chi connectivity index (χ1) is 14.5. The lowest BCUT2D eigenvalue weighted by molar-refractivity contribution is -0.308. The molecule has 0 radical (unpaired) electrons. The van der Waals surface area contributed by atoms with Crippen molar-refractivity contribution in [1.29, 1.82) is 0 Å². The van der Waals surface area contributed by atoms with Crippen molar-refractivity contribution < 1.29 is 19.4 Å². The number of carbonyl (C=O) groups is 2. The second-order valence-electron chi connectivity index (χ2n) is 7.14. The maximum atomic E-state index is 12.4. The Kier molecular flexibility index (Phi) is 5.86. The number of carboxylic acid groups (broad SMARTS) is 1. The van der Waals surface area contributed by atoms with Crippen molar-refractivity contribution in [3.05, 3.63) is 94.0 Å². The second kappa shape index (κ2) is 8.71. The number of fused-ring (bicyclic) bond motifs is 3. The van der Waals surface area contributed by atoms with Crippen LogP contribution in [0.15, 0.2) is 77.3 Å². The van der Waals surface area contributed by atoms with E-state index in [0.29, 0.717) is 0 Å². The van der Waals surface area contributed by atoms with Crippen molar-refractivity contribution in [2.24, 2.45) is 0 Å². The number of hydrogen-bond donors (Lipinski definition) is 1. The Bertz CT molecular complexity index is 1050. The van der Waals surface area contributed by atoms with Crippen molar-refractivity contribution in [3.63, 3.8) is 0 Å². The van der Waals surface area contributed by atoms with Gasteiger partial charge in [0.15, 0.2) is 0 Å². The zero-order valence-corrected chi connectivity index (χ0v) is 17.6. The Labute approximate surface area is 182 Å². The number of nitrogens with one attached hydrogen (secondary N) is 1. The van der Waals surface area contributed by atoms with Crippen LogP contribution in [0.1, 0.15) is 22.6 Å². The number of alkyl carbamates (subject to hydrolysis) is 1. The molecule has 0 heterocycles. The highest BCUT2D eigenvalue weighted by molar-refractivity contribution is 9.10. The fourth-order valence-corrected chi connectivity index (χ4v) is 4.31. The van der Waals surface area contributed by atoms with E-state index in [-0.39, 0.29) is 18.9 Å². The molecule has 0 unspecified atom stereocenters. The fraction of sp³-hybridized carbons (Fsp3) is 0.167. The van der Waals surface area contributed by atoms with Crippen LogP contribution in [0.4, 0.5) is 4.79 Å². The van der Waals surface area contributed by atoms with E-state index in [1.807, 2.05) is 48.5 Å². The summed E-state index contributed by atoms with van der Waals surface area (Å²) in [5, 5.41) is 14.0. The minimum absolute atomic E-state index is 0.0900. The van der Waals surface area contributed by atoms with Gasteiger partial charge in [-0.1, -0.05) is 82.7 Å². The molecule has 0 bridgehead atoms. The minimum Gasteiger partial charge on any atom is -0.548 e. The molecule has 3 aromatic rings. The lowest BCUT2D eigenvalue weighted by atomic mass is 9.98. The summed E-state index contributed by atoms with van der Waals surface area (Å²) in [6, 6.07) is 22.1. The van der Waals surface area contributed by atoms with Gasteiger partial charge < -0.3 is 20.0 Å². The molecular weight excluding hydrogens is 446 g/mol. The summed E-state index contributed by atoms with van der Waals surface area (Å²) in [6.07, 6.45) is -0.688. The maximum absolute atomic E-state index is 12.4. The van der Waals surface area contributed by atoms with Crippen molar-refractivity contribution >= 4 is 28.0 Å². The summed E-state index contributed by atoms with van der Waals surface area (Å²) in [4.78, 5) is 23.9. The molecule has 0 saturated carbocycles. The average Bonchev–Trinajstić information content (AvgIpc) is 3.07. The maximum Gasteiger partial charge on any atom is 0.407 e. The molecule has 0 aromatic heterocycles. The van der Waals surface area contributed by atoms with Gasteiger partial charge in [0.1, 0.15) is 6.61 Å². The smallest absolute Gasteiger partial charge is 0.407 e. The van der Waals surface area contributed by atoms with Gasteiger partial charge in [-0.2, -0.15) is 0 Å². The molecule has 1 atom stereocenters. The number of benzene rings is 3. The first kappa shape index (κ1) is 20.2. The monoisotopic (exact) mass is 464 g/mol. The van der Waals surface area contributed by atoms with Gasteiger partial charge in [-0.3, -0.25) is 0 Å². The lowest BCUT2D eigenvalue weighted by Crippen LogP contribution is -2.49. The number of carboxylic acids is 1. The molecular formula is C24H19BrNO4-. The standard InChI is InChI=1S/C24H20BrNO4/c25-21-12-6-1-7-15(21)13-22(23(27)28)26-24(29)30-14-20-18-10-4-2-8-16(18)17-9-3-5-11-19(17)20/h1-12,20,22H,13-14H2,(H,26,29)(H,27,28)/p-1/t22-/m0/s1. The molecule has 152 valence electrons. The van der Waals surface area contributed by atoms with Crippen LogP contribution < -0.4 is 10.4 Å². The van der Waals surface area contributed by atoms with E-state index in [9.17, 15) is 14.7 Å². The summed E-state index contributed by atoms with van der Waals surface area (Å²) >= 11 is 3.39. The topological polar surface area (TPSA) is 78.5 Å². The Morgan fingerprint density at radius 2 is 1.50 bits per heavy atom. The molecule has 0 saturated heterocycles. The van der Waals surface area contributed by atoms with Gasteiger partial charge in [0, 0.05) is 10.4 Å². The fourth-order valence-electron chi connectivity index (χ4n) is 3.86. The number of aliphatic carboxylic acids is 1. The predicted octanol–water partition coefficient (Wildman–Crippen LogP) is 3.65. The quantitative estimate of drug-likeness (QED) is 0.603. The van der Waals surface area contributed by atoms with Crippen molar-refractivity contribution in [2.75, 3.05) is 6.61 Å². The van der Waals surface area contributed by atoms with Crippen LogP contribution >= 0.6 is 15.9 Å². The highest BCUT2D eigenvalue weighted by Gasteiger charge is 2.29. The SMILES string of the molecule is O=C(N[C@@H](Cc1ccccc1Br)C(=O)[O-])OCC1c2ccccc2-c2ccccc21. The molecule has 1 aliphatic rings. The number of rotatable bonds is 6. The first-order valence-corrected chi connectivity index (χ1v) is 10.4. The molecule has 1 N–H and O–H groups in total. The summed E-state index contributed by atoms with van der Waals surface area (Å²) in [5.41, 5.74) is 5.20. The molecule has 0 fully saturated rings. The molecule has 0 aliphatic heterocycles. The number of amides is 1. The van der Waals surface area contributed by atoms with Gasteiger partial charge in [-0.05, 0) is 40.3 Å². The number of ether oxygens (including phenoxy) is 1. The van der Waals surface area contributed by atoms with Crippen molar-refractivity contribution in [1.82, 2.24) is 5.32 Å². The zero-order valence-electron chi connectivity index (χ0n) is 16.0. The molecule has 4 rings (SSSR count). The third-order valence-corrected chi connectivity index (χ3v) is 6.08. The van der Waals surface area contributed by atoms with Crippen LogP contribution in [0.3, 0.4) is 0 Å². The normalized spacial score (nSPS) is 13.2. The summed E-state index contributed by atoms with van der Waals surface area (Å²) in [5.74, 6) is -1.45. The second-order valence-corrected chi connectivity index (χ2v) is 7.99. The Morgan fingerprint density at radius 3 is 2.10 bits per heavy atom. The van der Waals surface area contributed by atoms with Crippen LogP contribution in [0.25, 0.3) is 11.1 Å². The van der Waals surface area contributed by atoms with Crippen LogP contribution in [-0.2, 0) is 16.0 Å². The first-order valence-electron chi connectivity index (χ1n) is 9.60. The highest BCUT2D eigenvalue weighted by Crippen LogP contribution is 2.44. The predicted molar refractivity (Wildman–Crippen MR) is 115 cm³/mol. The van der Waals surface area contributed by atoms with Gasteiger partial charge in [0.25, 0.3) is 0 Å². The molecule has 1 aliphatic carbocycles. The molecule has 1 amide bonds. The van der Waals surface area contributed by atoms with Crippen LogP contribution in [0, 0.1) is 0 Å². The number of carbonyl (C=O) groups excluding carboxylic acids is 2. The van der Waals surface area contributed by atoms with E-state index in [0.717, 1.165) is 32.3 Å². The zero-order chi connectivity index (χ0) is 21.1. The van der Waals surface area contributed by atoms with Crippen LogP contribution in [-0.4, -0.2) is 24.7 Å². The van der Waals surface area contributed by atoms with Crippen LogP contribution in [0.5, 0.6) is 0 Å².